The fourth-order valence-electron chi connectivity index (χ4n) is 3.85. The smallest absolute Gasteiger partial charge is 0.273 e. The Labute approximate surface area is 166 Å². The first kappa shape index (κ1) is 20.5. The van der Waals surface area contributed by atoms with Gasteiger partial charge in [-0.3, -0.25) is 19.1 Å². The van der Waals surface area contributed by atoms with E-state index in [1.54, 1.807) is 18.0 Å². The quantitative estimate of drug-likeness (QED) is 0.647. The standard InChI is InChI=1S/C19H31N7O2/c1-5-26-15(3)17(14(2)22-26)12-24-9-6-7-16(24)11-25-13-18(21-23-25)19(27)20-8-10-28-4/h13,16H,5-12H2,1-4H3,(H,20,27)/t16-/m0/s1. The van der Waals surface area contributed by atoms with Crippen molar-refractivity contribution in [2.45, 2.75) is 59.3 Å². The van der Waals surface area contributed by atoms with Crippen molar-refractivity contribution in [3.8, 4) is 0 Å². The summed E-state index contributed by atoms with van der Waals surface area (Å²) in [5, 5.41) is 15.6. The molecule has 2 aromatic heterocycles. The number of nitrogens with one attached hydrogen (secondary N) is 1. The van der Waals surface area contributed by atoms with Crippen LogP contribution in [0.2, 0.25) is 0 Å². The Bertz CT molecular complexity index is 798. The summed E-state index contributed by atoms with van der Waals surface area (Å²) in [4.78, 5) is 14.6. The molecule has 1 aliphatic heterocycles. The molecule has 9 heteroatoms. The van der Waals surface area contributed by atoms with Gasteiger partial charge in [0.15, 0.2) is 5.69 Å². The van der Waals surface area contributed by atoms with Crippen molar-refractivity contribution < 1.29 is 9.53 Å². The van der Waals surface area contributed by atoms with Crippen LogP contribution in [0.5, 0.6) is 0 Å². The van der Waals surface area contributed by atoms with Gasteiger partial charge in [-0.1, -0.05) is 5.21 Å². The highest BCUT2D eigenvalue weighted by atomic mass is 16.5. The maximum atomic E-state index is 12.1. The predicted molar refractivity (Wildman–Crippen MR) is 105 cm³/mol. The average molecular weight is 390 g/mol. The van der Waals surface area contributed by atoms with E-state index in [0.717, 1.165) is 38.3 Å². The Kier molecular flexibility index (Phi) is 6.79. The number of aryl methyl sites for hydroxylation is 2. The minimum atomic E-state index is -0.218. The van der Waals surface area contributed by atoms with Crippen LogP contribution >= 0.6 is 0 Å². The molecule has 0 aliphatic carbocycles. The fraction of sp³-hybridized carbons (Fsp3) is 0.684. The highest BCUT2D eigenvalue weighted by Gasteiger charge is 2.27. The topological polar surface area (TPSA) is 90.1 Å². The molecule has 0 radical (unpaired) electrons. The summed E-state index contributed by atoms with van der Waals surface area (Å²) in [5.74, 6) is -0.218. The van der Waals surface area contributed by atoms with Gasteiger partial charge >= 0.3 is 0 Å². The predicted octanol–water partition coefficient (Wildman–Crippen LogP) is 1.15. The summed E-state index contributed by atoms with van der Waals surface area (Å²) in [6.07, 6.45) is 4.02. The van der Waals surface area contributed by atoms with Gasteiger partial charge in [-0.05, 0) is 40.2 Å². The molecule has 3 rings (SSSR count). The van der Waals surface area contributed by atoms with Gasteiger partial charge in [-0.2, -0.15) is 5.10 Å². The summed E-state index contributed by atoms with van der Waals surface area (Å²) in [6, 6.07) is 0.384. The first-order valence-electron chi connectivity index (χ1n) is 9.97. The zero-order valence-electron chi connectivity index (χ0n) is 17.3. The summed E-state index contributed by atoms with van der Waals surface area (Å²) in [7, 11) is 1.60. The molecule has 2 aromatic rings. The van der Waals surface area contributed by atoms with Crippen molar-refractivity contribution in [1.82, 2.24) is 35.0 Å². The average Bonchev–Trinajstić information content (AvgIpc) is 3.39. The van der Waals surface area contributed by atoms with Gasteiger partial charge in [0.25, 0.3) is 5.91 Å². The highest BCUT2D eigenvalue weighted by Crippen LogP contribution is 2.24. The number of rotatable bonds is 9. The number of ether oxygens (including phenoxy) is 1. The van der Waals surface area contributed by atoms with Crippen LogP contribution in [0.25, 0.3) is 0 Å². The van der Waals surface area contributed by atoms with Crippen molar-refractivity contribution in [3.63, 3.8) is 0 Å². The number of carbonyl (C=O) groups is 1. The highest BCUT2D eigenvalue weighted by molar-refractivity contribution is 5.91. The molecule has 1 N–H and O–H groups in total. The molecule has 1 saturated heterocycles. The molecule has 9 nitrogen and oxygen atoms in total. The fourth-order valence-corrected chi connectivity index (χ4v) is 3.85. The second kappa shape index (κ2) is 9.29. The molecule has 28 heavy (non-hydrogen) atoms. The van der Waals surface area contributed by atoms with Crippen LogP contribution in [0.15, 0.2) is 6.20 Å². The van der Waals surface area contributed by atoms with Gasteiger partial charge in [0.1, 0.15) is 0 Å². The van der Waals surface area contributed by atoms with E-state index in [4.69, 9.17) is 4.74 Å². The number of hydrogen-bond acceptors (Lipinski definition) is 6. The molecule has 1 aliphatic rings. The van der Waals surface area contributed by atoms with E-state index in [1.165, 1.54) is 17.7 Å². The van der Waals surface area contributed by atoms with E-state index >= 15 is 0 Å². The van der Waals surface area contributed by atoms with Gasteiger partial charge in [0, 0.05) is 44.0 Å². The number of likely N-dealkylation sites (tertiary alicyclic amines) is 1. The van der Waals surface area contributed by atoms with Crippen molar-refractivity contribution in [2.75, 3.05) is 26.8 Å². The Hall–Kier alpha value is -2.26. The lowest BCUT2D eigenvalue weighted by atomic mass is 10.1. The van der Waals surface area contributed by atoms with Crippen LogP contribution < -0.4 is 5.32 Å². The third-order valence-electron chi connectivity index (χ3n) is 5.45. The molecule has 1 atom stereocenters. The number of aromatic nitrogens is 5. The first-order valence-corrected chi connectivity index (χ1v) is 9.97. The minimum Gasteiger partial charge on any atom is -0.383 e. The summed E-state index contributed by atoms with van der Waals surface area (Å²) < 4.78 is 8.79. The zero-order chi connectivity index (χ0) is 20.1. The minimum absolute atomic E-state index is 0.218. The summed E-state index contributed by atoms with van der Waals surface area (Å²) in [5.41, 5.74) is 4.03. The molecule has 1 fully saturated rings. The maximum Gasteiger partial charge on any atom is 0.273 e. The molecule has 0 unspecified atom stereocenters. The number of methoxy groups -OCH3 is 1. The van der Waals surface area contributed by atoms with Crippen LogP contribution in [0.4, 0.5) is 0 Å². The number of nitrogens with zero attached hydrogens (tertiary/aromatic N) is 6. The van der Waals surface area contributed by atoms with E-state index < -0.39 is 0 Å². The molecule has 3 heterocycles. The summed E-state index contributed by atoms with van der Waals surface area (Å²) in [6.45, 7) is 10.9. The summed E-state index contributed by atoms with van der Waals surface area (Å²) >= 11 is 0. The third kappa shape index (κ3) is 4.59. The number of carbonyl (C=O) groups excluding carboxylic acids is 1. The van der Waals surface area contributed by atoms with Crippen molar-refractivity contribution >= 4 is 5.91 Å². The second-order valence-electron chi connectivity index (χ2n) is 7.31. The monoisotopic (exact) mass is 389 g/mol. The SMILES string of the molecule is CCn1nc(C)c(CN2CCC[C@H]2Cn2cc(C(=O)NCCOC)nn2)c1C. The van der Waals surface area contributed by atoms with E-state index in [-0.39, 0.29) is 5.91 Å². The van der Waals surface area contributed by atoms with Gasteiger partial charge in [-0.25, -0.2) is 0 Å². The van der Waals surface area contributed by atoms with Crippen LogP contribution in [-0.4, -0.2) is 68.4 Å². The number of hydrogen-bond donors (Lipinski definition) is 1. The van der Waals surface area contributed by atoms with E-state index in [1.807, 2.05) is 0 Å². The molecule has 1 amide bonds. The molecule has 0 bridgehead atoms. The maximum absolute atomic E-state index is 12.1. The Balaban J connectivity index is 1.61. The van der Waals surface area contributed by atoms with Gasteiger partial charge in [-0.15, -0.1) is 5.10 Å². The Morgan fingerprint density at radius 1 is 1.39 bits per heavy atom. The number of amides is 1. The first-order chi connectivity index (χ1) is 13.5. The van der Waals surface area contributed by atoms with Crippen LogP contribution in [-0.2, 0) is 24.4 Å². The molecular formula is C19H31N7O2. The molecule has 154 valence electrons. The Morgan fingerprint density at radius 2 is 2.21 bits per heavy atom. The van der Waals surface area contributed by atoms with E-state index in [9.17, 15) is 4.79 Å². The lowest BCUT2D eigenvalue weighted by molar-refractivity contribution is 0.0932. The Morgan fingerprint density at radius 3 is 2.93 bits per heavy atom. The van der Waals surface area contributed by atoms with Gasteiger partial charge in [0.2, 0.25) is 0 Å². The van der Waals surface area contributed by atoms with Crippen LogP contribution in [0.3, 0.4) is 0 Å². The largest absolute Gasteiger partial charge is 0.383 e. The second-order valence-corrected chi connectivity index (χ2v) is 7.31. The molecule has 0 saturated carbocycles. The van der Waals surface area contributed by atoms with Crippen LogP contribution in [0.1, 0.15) is 47.2 Å². The van der Waals surface area contributed by atoms with Crippen molar-refractivity contribution in [1.29, 1.82) is 0 Å². The third-order valence-corrected chi connectivity index (χ3v) is 5.45. The normalized spacial score (nSPS) is 17.4. The van der Waals surface area contributed by atoms with Crippen LogP contribution in [0, 0.1) is 13.8 Å². The molecule has 0 aromatic carbocycles. The van der Waals surface area contributed by atoms with E-state index in [2.05, 4.69) is 51.1 Å². The molecular weight excluding hydrogens is 358 g/mol. The lowest BCUT2D eigenvalue weighted by Gasteiger charge is -2.24. The van der Waals surface area contributed by atoms with Gasteiger partial charge < -0.3 is 10.1 Å². The zero-order valence-corrected chi connectivity index (χ0v) is 17.3. The van der Waals surface area contributed by atoms with Crippen molar-refractivity contribution in [3.05, 3.63) is 28.8 Å². The molecule has 0 spiro atoms. The van der Waals surface area contributed by atoms with Crippen molar-refractivity contribution in [2.24, 2.45) is 0 Å². The van der Waals surface area contributed by atoms with E-state index in [0.29, 0.717) is 24.9 Å². The van der Waals surface area contributed by atoms with Gasteiger partial charge in [0.05, 0.1) is 25.0 Å². The lowest BCUT2D eigenvalue weighted by Crippen LogP contribution is -2.33.